The fraction of sp³-hybridized carbons (Fsp3) is 0.400. The van der Waals surface area contributed by atoms with Crippen molar-refractivity contribution < 1.29 is 18.7 Å². The Kier molecular flexibility index (Phi) is 5.61. The SMILES string of the molecule is CC(C)Oc1ccc(NC(=O)C2CCCCN2C(=O)c2ccco2)cc1. The van der Waals surface area contributed by atoms with Crippen LogP contribution in [0.3, 0.4) is 0 Å². The number of rotatable bonds is 5. The van der Waals surface area contributed by atoms with Crippen molar-refractivity contribution in [3.8, 4) is 5.75 Å². The molecule has 1 aromatic heterocycles. The molecule has 1 saturated heterocycles. The Labute approximate surface area is 153 Å². The smallest absolute Gasteiger partial charge is 0.290 e. The van der Waals surface area contributed by atoms with Crippen LogP contribution >= 0.6 is 0 Å². The van der Waals surface area contributed by atoms with Gasteiger partial charge >= 0.3 is 0 Å². The molecule has 0 aliphatic carbocycles. The number of furan rings is 1. The van der Waals surface area contributed by atoms with E-state index >= 15 is 0 Å². The minimum absolute atomic E-state index is 0.0962. The number of hydrogen-bond donors (Lipinski definition) is 1. The number of carbonyl (C=O) groups excluding carboxylic acids is 2. The Morgan fingerprint density at radius 1 is 1.19 bits per heavy atom. The Hall–Kier alpha value is -2.76. The van der Waals surface area contributed by atoms with Crippen LogP contribution in [0.5, 0.6) is 5.75 Å². The topological polar surface area (TPSA) is 71.8 Å². The highest BCUT2D eigenvalue weighted by atomic mass is 16.5. The molecule has 2 heterocycles. The summed E-state index contributed by atoms with van der Waals surface area (Å²) < 4.78 is 10.8. The van der Waals surface area contributed by atoms with Crippen molar-refractivity contribution in [3.05, 3.63) is 48.4 Å². The second-order valence-corrected chi connectivity index (χ2v) is 6.67. The standard InChI is InChI=1S/C20H24N2O4/c1-14(2)26-16-10-8-15(9-11-16)21-19(23)17-6-3-4-12-22(17)20(24)18-7-5-13-25-18/h5,7-11,13-14,17H,3-4,6,12H2,1-2H3,(H,21,23). The molecule has 1 fully saturated rings. The normalized spacial score (nSPS) is 17.2. The number of likely N-dealkylation sites (tertiary alicyclic amines) is 1. The van der Waals surface area contributed by atoms with Crippen molar-refractivity contribution in [2.45, 2.75) is 45.3 Å². The van der Waals surface area contributed by atoms with Crippen LogP contribution in [0.1, 0.15) is 43.7 Å². The molecule has 0 saturated carbocycles. The maximum Gasteiger partial charge on any atom is 0.290 e. The van der Waals surface area contributed by atoms with Gasteiger partial charge in [-0.3, -0.25) is 9.59 Å². The number of piperidine rings is 1. The molecule has 1 aromatic carbocycles. The van der Waals surface area contributed by atoms with Crippen LogP contribution in [0.4, 0.5) is 5.69 Å². The number of anilines is 1. The van der Waals surface area contributed by atoms with Crippen molar-refractivity contribution in [1.82, 2.24) is 4.90 Å². The van der Waals surface area contributed by atoms with Gasteiger partial charge in [0, 0.05) is 12.2 Å². The molecule has 1 N–H and O–H groups in total. The molecule has 138 valence electrons. The first kappa shape index (κ1) is 18.0. The van der Waals surface area contributed by atoms with E-state index in [-0.39, 0.29) is 23.7 Å². The minimum atomic E-state index is -0.493. The number of amides is 2. The molecule has 1 unspecified atom stereocenters. The summed E-state index contributed by atoms with van der Waals surface area (Å²) in [5.74, 6) is 0.600. The molecular weight excluding hydrogens is 332 g/mol. The first-order chi connectivity index (χ1) is 12.5. The average molecular weight is 356 g/mol. The summed E-state index contributed by atoms with van der Waals surface area (Å²) in [5, 5.41) is 2.90. The predicted molar refractivity (Wildman–Crippen MR) is 98.2 cm³/mol. The third kappa shape index (κ3) is 4.25. The second-order valence-electron chi connectivity index (χ2n) is 6.67. The van der Waals surface area contributed by atoms with E-state index in [0.717, 1.165) is 18.6 Å². The lowest BCUT2D eigenvalue weighted by molar-refractivity contribution is -0.121. The van der Waals surface area contributed by atoms with E-state index in [1.165, 1.54) is 6.26 Å². The molecule has 1 aliphatic heterocycles. The van der Waals surface area contributed by atoms with E-state index in [1.54, 1.807) is 29.2 Å². The Morgan fingerprint density at radius 2 is 1.96 bits per heavy atom. The molecule has 2 aromatic rings. The quantitative estimate of drug-likeness (QED) is 0.887. The molecule has 3 rings (SSSR count). The number of ether oxygens (including phenoxy) is 1. The van der Waals surface area contributed by atoms with Crippen molar-refractivity contribution >= 4 is 17.5 Å². The number of hydrogen-bond acceptors (Lipinski definition) is 4. The molecule has 1 atom stereocenters. The van der Waals surface area contributed by atoms with Crippen LogP contribution in [-0.4, -0.2) is 35.4 Å². The predicted octanol–water partition coefficient (Wildman–Crippen LogP) is 3.70. The van der Waals surface area contributed by atoms with Crippen LogP contribution < -0.4 is 10.1 Å². The molecule has 0 spiro atoms. The zero-order valence-corrected chi connectivity index (χ0v) is 15.1. The van der Waals surface area contributed by atoms with Crippen molar-refractivity contribution in [2.24, 2.45) is 0 Å². The van der Waals surface area contributed by atoms with Crippen LogP contribution in [-0.2, 0) is 4.79 Å². The molecule has 2 amide bonds. The molecule has 6 heteroatoms. The van der Waals surface area contributed by atoms with Gasteiger partial charge in [-0.05, 0) is 69.5 Å². The molecule has 0 bridgehead atoms. The number of benzene rings is 1. The van der Waals surface area contributed by atoms with Gasteiger partial charge in [-0.15, -0.1) is 0 Å². The molecule has 6 nitrogen and oxygen atoms in total. The zero-order valence-electron chi connectivity index (χ0n) is 15.1. The number of carbonyl (C=O) groups is 2. The van der Waals surface area contributed by atoms with Gasteiger partial charge in [-0.25, -0.2) is 0 Å². The van der Waals surface area contributed by atoms with E-state index in [1.807, 2.05) is 26.0 Å². The summed E-state index contributed by atoms with van der Waals surface area (Å²) >= 11 is 0. The van der Waals surface area contributed by atoms with Crippen LogP contribution in [0.25, 0.3) is 0 Å². The van der Waals surface area contributed by atoms with Gasteiger partial charge in [0.25, 0.3) is 5.91 Å². The summed E-state index contributed by atoms with van der Waals surface area (Å²) in [7, 11) is 0. The van der Waals surface area contributed by atoms with Crippen molar-refractivity contribution in [2.75, 3.05) is 11.9 Å². The summed E-state index contributed by atoms with van der Waals surface area (Å²) in [6, 6.07) is 10.1. The van der Waals surface area contributed by atoms with Gasteiger partial charge in [0.2, 0.25) is 5.91 Å². The van der Waals surface area contributed by atoms with E-state index in [9.17, 15) is 9.59 Å². The summed E-state index contributed by atoms with van der Waals surface area (Å²) in [6.45, 7) is 4.48. The first-order valence-corrected chi connectivity index (χ1v) is 8.96. The van der Waals surface area contributed by atoms with Crippen LogP contribution in [0.15, 0.2) is 47.1 Å². The largest absolute Gasteiger partial charge is 0.491 e. The summed E-state index contributed by atoms with van der Waals surface area (Å²) in [4.78, 5) is 27.0. The van der Waals surface area contributed by atoms with Crippen LogP contribution in [0, 0.1) is 0 Å². The van der Waals surface area contributed by atoms with Gasteiger partial charge in [-0.2, -0.15) is 0 Å². The van der Waals surface area contributed by atoms with Gasteiger partial charge in [0.05, 0.1) is 12.4 Å². The Bertz CT molecular complexity index is 738. The highest BCUT2D eigenvalue weighted by Gasteiger charge is 2.33. The van der Waals surface area contributed by atoms with Crippen molar-refractivity contribution in [3.63, 3.8) is 0 Å². The lowest BCUT2D eigenvalue weighted by Gasteiger charge is -2.34. The maximum atomic E-state index is 12.7. The van der Waals surface area contributed by atoms with Gasteiger partial charge < -0.3 is 19.4 Å². The first-order valence-electron chi connectivity index (χ1n) is 8.96. The van der Waals surface area contributed by atoms with E-state index in [0.29, 0.717) is 18.7 Å². The fourth-order valence-corrected chi connectivity index (χ4v) is 3.10. The average Bonchev–Trinajstić information content (AvgIpc) is 3.17. The third-order valence-electron chi connectivity index (χ3n) is 4.29. The number of nitrogens with one attached hydrogen (secondary N) is 1. The molecule has 26 heavy (non-hydrogen) atoms. The number of nitrogens with zero attached hydrogens (tertiary/aromatic N) is 1. The zero-order chi connectivity index (χ0) is 18.5. The summed E-state index contributed by atoms with van der Waals surface area (Å²) in [5.41, 5.74) is 0.682. The lowest BCUT2D eigenvalue weighted by atomic mass is 10.0. The van der Waals surface area contributed by atoms with Crippen molar-refractivity contribution in [1.29, 1.82) is 0 Å². The monoisotopic (exact) mass is 356 g/mol. The van der Waals surface area contributed by atoms with Gasteiger partial charge in [0.1, 0.15) is 11.8 Å². The fourth-order valence-electron chi connectivity index (χ4n) is 3.10. The summed E-state index contributed by atoms with van der Waals surface area (Å²) in [6.07, 6.45) is 4.01. The highest BCUT2D eigenvalue weighted by molar-refractivity contribution is 6.00. The van der Waals surface area contributed by atoms with Gasteiger partial charge in [-0.1, -0.05) is 0 Å². The molecule has 0 radical (unpaired) electrons. The maximum absolute atomic E-state index is 12.7. The van der Waals surface area contributed by atoms with Crippen LogP contribution in [0.2, 0.25) is 0 Å². The molecular formula is C20H24N2O4. The van der Waals surface area contributed by atoms with E-state index < -0.39 is 6.04 Å². The minimum Gasteiger partial charge on any atom is -0.491 e. The third-order valence-corrected chi connectivity index (χ3v) is 4.29. The molecule has 1 aliphatic rings. The van der Waals surface area contributed by atoms with E-state index in [2.05, 4.69) is 5.32 Å². The Balaban J connectivity index is 1.67. The second kappa shape index (κ2) is 8.08. The highest BCUT2D eigenvalue weighted by Crippen LogP contribution is 2.22. The van der Waals surface area contributed by atoms with E-state index in [4.69, 9.17) is 9.15 Å². The lowest BCUT2D eigenvalue weighted by Crippen LogP contribution is -2.49. The Morgan fingerprint density at radius 3 is 2.62 bits per heavy atom. The van der Waals surface area contributed by atoms with Gasteiger partial charge in [0.15, 0.2) is 5.76 Å².